The molecule has 0 aliphatic heterocycles. The zero-order chi connectivity index (χ0) is 22.7. The van der Waals surface area contributed by atoms with Crippen LogP contribution in [0.15, 0.2) is 71.6 Å². The number of aliphatic carboxylic acids is 1. The van der Waals surface area contributed by atoms with Crippen LogP contribution < -0.4 is 9.46 Å². The highest BCUT2D eigenvalue weighted by Gasteiger charge is 2.27. The molecular formula is C24H22ClNO5S. The number of nitrogens with one attached hydrogen (secondary N) is 1. The first-order valence-electron chi connectivity index (χ1n) is 10.2. The van der Waals surface area contributed by atoms with E-state index in [2.05, 4.69) is 4.72 Å². The van der Waals surface area contributed by atoms with Gasteiger partial charge in [-0.05, 0) is 71.8 Å². The monoisotopic (exact) mass is 471 g/mol. The van der Waals surface area contributed by atoms with E-state index in [9.17, 15) is 13.2 Å². The Kier molecular flexibility index (Phi) is 6.50. The Balaban J connectivity index is 1.56. The maximum atomic E-state index is 13.1. The number of halogens is 1. The van der Waals surface area contributed by atoms with Gasteiger partial charge in [0.2, 0.25) is 10.0 Å². The van der Waals surface area contributed by atoms with E-state index >= 15 is 0 Å². The van der Waals surface area contributed by atoms with Crippen molar-refractivity contribution in [2.45, 2.75) is 30.2 Å². The fraction of sp³-hybridized carbons (Fsp3) is 0.208. The number of hydrogen-bond acceptors (Lipinski definition) is 4. The molecule has 4 rings (SSSR count). The van der Waals surface area contributed by atoms with E-state index in [1.807, 2.05) is 24.3 Å². The largest absolute Gasteiger partial charge is 0.482 e. The Labute approximate surface area is 191 Å². The lowest BCUT2D eigenvalue weighted by atomic mass is 9.87. The fourth-order valence-electron chi connectivity index (χ4n) is 3.96. The van der Waals surface area contributed by atoms with Crippen LogP contribution >= 0.6 is 11.6 Å². The van der Waals surface area contributed by atoms with E-state index in [4.69, 9.17) is 21.4 Å². The number of fused-ring (bicyclic) bond motifs is 1. The van der Waals surface area contributed by atoms with Crippen molar-refractivity contribution in [3.63, 3.8) is 0 Å². The number of carbonyl (C=O) groups is 1. The highest BCUT2D eigenvalue weighted by molar-refractivity contribution is 7.89. The molecule has 0 saturated carbocycles. The molecule has 0 heterocycles. The van der Waals surface area contributed by atoms with Gasteiger partial charge in [0, 0.05) is 11.1 Å². The average Bonchev–Trinajstić information content (AvgIpc) is 2.78. The summed E-state index contributed by atoms with van der Waals surface area (Å²) < 4.78 is 34.4. The Bertz CT molecular complexity index is 1240. The van der Waals surface area contributed by atoms with Crippen LogP contribution in [0.3, 0.4) is 0 Å². The Hall–Kier alpha value is -2.87. The molecule has 32 heavy (non-hydrogen) atoms. The van der Waals surface area contributed by atoms with E-state index in [1.165, 1.54) is 0 Å². The molecular weight excluding hydrogens is 450 g/mol. The summed E-state index contributed by atoms with van der Waals surface area (Å²) in [4.78, 5) is 11.0. The van der Waals surface area contributed by atoms with Crippen molar-refractivity contribution in [1.29, 1.82) is 0 Å². The summed E-state index contributed by atoms with van der Waals surface area (Å²) in [6.45, 7) is -0.439. The molecule has 1 atom stereocenters. The normalized spacial score (nSPS) is 15.7. The van der Waals surface area contributed by atoms with Gasteiger partial charge in [-0.15, -0.1) is 0 Å². The predicted octanol–water partition coefficient (Wildman–Crippen LogP) is 4.83. The van der Waals surface area contributed by atoms with Gasteiger partial charge >= 0.3 is 5.97 Å². The second kappa shape index (κ2) is 9.32. The Morgan fingerprint density at radius 3 is 2.53 bits per heavy atom. The molecule has 8 heteroatoms. The van der Waals surface area contributed by atoms with Gasteiger partial charge in [-0.25, -0.2) is 17.9 Å². The lowest BCUT2D eigenvalue weighted by Crippen LogP contribution is -2.31. The van der Waals surface area contributed by atoms with Gasteiger partial charge in [-0.1, -0.05) is 48.0 Å². The molecule has 0 spiro atoms. The van der Waals surface area contributed by atoms with Crippen LogP contribution in [0.4, 0.5) is 0 Å². The minimum atomic E-state index is -3.76. The molecule has 0 unspecified atom stereocenters. The summed E-state index contributed by atoms with van der Waals surface area (Å²) in [7, 11) is -3.76. The fourth-order valence-corrected chi connectivity index (χ4v) is 5.40. The van der Waals surface area contributed by atoms with Gasteiger partial charge in [-0.2, -0.15) is 0 Å². The maximum absolute atomic E-state index is 13.1. The summed E-state index contributed by atoms with van der Waals surface area (Å²) in [5, 5.41) is 9.51. The van der Waals surface area contributed by atoms with E-state index in [-0.39, 0.29) is 4.90 Å². The molecule has 0 amide bonds. The zero-order valence-corrected chi connectivity index (χ0v) is 18.7. The number of benzene rings is 3. The molecule has 2 N–H and O–H groups in total. The molecule has 0 saturated heterocycles. The lowest BCUT2D eigenvalue weighted by molar-refractivity contribution is -0.139. The topological polar surface area (TPSA) is 92.7 Å². The van der Waals surface area contributed by atoms with Crippen molar-refractivity contribution < 1.29 is 23.1 Å². The average molecular weight is 472 g/mol. The van der Waals surface area contributed by atoms with Gasteiger partial charge in [0.15, 0.2) is 6.61 Å². The smallest absolute Gasteiger partial charge is 0.341 e. The molecule has 166 valence electrons. The van der Waals surface area contributed by atoms with E-state index in [0.29, 0.717) is 23.6 Å². The van der Waals surface area contributed by atoms with Gasteiger partial charge in [0.1, 0.15) is 5.75 Å². The predicted molar refractivity (Wildman–Crippen MR) is 122 cm³/mol. The summed E-state index contributed by atoms with van der Waals surface area (Å²) in [6, 6.07) is 19.0. The number of carboxylic acids is 1. The number of hydrogen-bond donors (Lipinski definition) is 2. The molecule has 1 aliphatic carbocycles. The minimum Gasteiger partial charge on any atom is -0.482 e. The highest BCUT2D eigenvalue weighted by atomic mass is 35.5. The summed E-state index contributed by atoms with van der Waals surface area (Å²) in [5.74, 6) is -0.573. The van der Waals surface area contributed by atoms with Crippen LogP contribution in [0.2, 0.25) is 5.02 Å². The zero-order valence-electron chi connectivity index (χ0n) is 17.1. The van der Waals surface area contributed by atoms with Crippen molar-refractivity contribution in [3.05, 3.63) is 82.9 Å². The van der Waals surface area contributed by atoms with Crippen LogP contribution in [0.25, 0.3) is 11.1 Å². The number of carboxylic acid groups (broad SMARTS) is 1. The summed E-state index contributed by atoms with van der Waals surface area (Å²) in [5.41, 5.74) is 3.45. The minimum absolute atomic E-state index is 0.175. The van der Waals surface area contributed by atoms with Gasteiger partial charge in [0.25, 0.3) is 0 Å². The first-order valence-corrected chi connectivity index (χ1v) is 12.0. The highest BCUT2D eigenvalue weighted by Crippen LogP contribution is 2.36. The van der Waals surface area contributed by atoms with E-state index < -0.39 is 28.6 Å². The van der Waals surface area contributed by atoms with Crippen LogP contribution in [0.5, 0.6) is 5.75 Å². The molecule has 3 aromatic rings. The molecule has 0 fully saturated rings. The Morgan fingerprint density at radius 1 is 1.06 bits per heavy atom. The van der Waals surface area contributed by atoms with E-state index in [1.54, 1.807) is 42.5 Å². The van der Waals surface area contributed by atoms with E-state index in [0.717, 1.165) is 28.7 Å². The van der Waals surface area contributed by atoms with Crippen LogP contribution in [-0.2, 0) is 21.2 Å². The van der Waals surface area contributed by atoms with Crippen molar-refractivity contribution in [2.24, 2.45) is 0 Å². The second-order valence-corrected chi connectivity index (χ2v) is 9.76. The van der Waals surface area contributed by atoms with Crippen molar-refractivity contribution in [2.75, 3.05) is 6.61 Å². The Morgan fingerprint density at radius 2 is 1.81 bits per heavy atom. The first-order chi connectivity index (χ1) is 15.3. The van der Waals surface area contributed by atoms with Crippen LogP contribution in [0.1, 0.15) is 30.0 Å². The van der Waals surface area contributed by atoms with Crippen molar-refractivity contribution in [1.82, 2.24) is 4.72 Å². The molecule has 6 nitrogen and oxygen atoms in total. The van der Waals surface area contributed by atoms with Crippen molar-refractivity contribution in [3.8, 4) is 16.9 Å². The maximum Gasteiger partial charge on any atom is 0.341 e. The molecule has 0 radical (unpaired) electrons. The second-order valence-electron chi connectivity index (χ2n) is 7.61. The number of sulfonamides is 1. The molecule has 0 aromatic heterocycles. The quantitative estimate of drug-likeness (QED) is 0.515. The third kappa shape index (κ3) is 4.96. The van der Waals surface area contributed by atoms with Crippen molar-refractivity contribution >= 4 is 27.6 Å². The molecule has 1 aliphatic rings. The third-order valence-corrected chi connectivity index (χ3v) is 7.16. The molecule has 3 aromatic carbocycles. The SMILES string of the molecule is O=C(O)COc1cccc2c1CCC[C@H]2NS(=O)(=O)c1ccc(-c2cccc(Cl)c2)cc1. The van der Waals surface area contributed by atoms with Gasteiger partial charge in [-0.3, -0.25) is 0 Å². The molecule has 0 bridgehead atoms. The lowest BCUT2D eigenvalue weighted by Gasteiger charge is -2.27. The van der Waals surface area contributed by atoms with Crippen LogP contribution in [0, 0.1) is 0 Å². The summed E-state index contributed by atoms with van der Waals surface area (Å²) >= 11 is 6.05. The van der Waals surface area contributed by atoms with Crippen LogP contribution in [-0.4, -0.2) is 26.1 Å². The number of rotatable bonds is 7. The number of ether oxygens (including phenoxy) is 1. The summed E-state index contributed by atoms with van der Waals surface area (Å²) in [6.07, 6.45) is 2.12. The van der Waals surface area contributed by atoms with Gasteiger partial charge in [0.05, 0.1) is 4.90 Å². The standard InChI is InChI=1S/C24H22ClNO5S/c25-18-5-1-4-17(14-18)16-10-12-19(13-11-16)32(29,30)26-22-8-2-7-21-20(22)6-3-9-23(21)31-15-24(27)28/h1,3-6,9-14,22,26H,2,7-8,15H2,(H,27,28)/t22-/m1/s1. The van der Waals surface area contributed by atoms with Gasteiger partial charge < -0.3 is 9.84 Å². The first kappa shape index (κ1) is 22.3. The third-order valence-electron chi connectivity index (χ3n) is 5.44.